The normalized spacial score (nSPS) is 12.7. The van der Waals surface area contributed by atoms with Crippen LogP contribution in [0.2, 0.25) is 5.02 Å². The van der Waals surface area contributed by atoms with Crippen LogP contribution in [0.1, 0.15) is 31.4 Å². The number of hydrogen-bond donors (Lipinski definition) is 3. The third kappa shape index (κ3) is 5.83. The molecule has 0 aliphatic rings. The van der Waals surface area contributed by atoms with E-state index in [-0.39, 0.29) is 11.8 Å². The molecule has 0 saturated heterocycles. The molecular weight excluding hydrogens is 446 g/mol. The third-order valence-electron chi connectivity index (χ3n) is 5.38. The number of aryl methyl sites for hydroxylation is 1. The molecule has 9 heteroatoms. The second-order valence-corrected chi connectivity index (χ2v) is 9.03. The molecule has 3 aromatic rings. The minimum Gasteiger partial charge on any atom is -0.326 e. The van der Waals surface area contributed by atoms with Crippen molar-refractivity contribution in [2.24, 2.45) is 5.92 Å². The summed E-state index contributed by atoms with van der Waals surface area (Å²) in [6, 6.07) is 11.8. The van der Waals surface area contributed by atoms with Crippen molar-refractivity contribution in [3.8, 4) is 10.6 Å². The first kappa shape index (κ1) is 23.7. The van der Waals surface area contributed by atoms with E-state index in [9.17, 15) is 9.59 Å². The largest absolute Gasteiger partial charge is 0.326 e. The number of rotatable bonds is 7. The van der Waals surface area contributed by atoms with Crippen molar-refractivity contribution in [2.45, 2.75) is 40.2 Å². The molecule has 3 rings (SSSR count). The van der Waals surface area contributed by atoms with Gasteiger partial charge in [-0.3, -0.25) is 10.1 Å². The lowest BCUT2D eigenvalue weighted by molar-refractivity contribution is -0.119. The van der Waals surface area contributed by atoms with Crippen LogP contribution in [0, 0.1) is 19.8 Å². The van der Waals surface area contributed by atoms with Crippen molar-refractivity contribution in [3.05, 3.63) is 58.6 Å². The van der Waals surface area contributed by atoms with E-state index in [1.165, 1.54) is 11.3 Å². The first-order chi connectivity index (χ1) is 15.3. The molecule has 0 bridgehead atoms. The van der Waals surface area contributed by atoms with Gasteiger partial charge in [0.05, 0.1) is 0 Å². The zero-order chi connectivity index (χ0) is 23.3. The molecule has 1 heterocycles. The highest BCUT2D eigenvalue weighted by Crippen LogP contribution is 2.27. The van der Waals surface area contributed by atoms with E-state index in [1.54, 1.807) is 12.1 Å². The van der Waals surface area contributed by atoms with Crippen LogP contribution in [0.25, 0.3) is 10.6 Å². The molecule has 0 saturated carbocycles. The monoisotopic (exact) mass is 471 g/mol. The lowest BCUT2D eigenvalue weighted by atomic mass is 9.98. The maximum Gasteiger partial charge on any atom is 0.319 e. The molecule has 1 aromatic heterocycles. The number of urea groups is 1. The zero-order valence-corrected chi connectivity index (χ0v) is 20.0. The van der Waals surface area contributed by atoms with Gasteiger partial charge in [0.15, 0.2) is 0 Å². The fourth-order valence-corrected chi connectivity index (χ4v) is 3.93. The second-order valence-electron chi connectivity index (χ2n) is 7.62. The number of carbonyl (C=O) groups excluding carboxylic acids is 2. The minimum absolute atomic E-state index is 0.0805. The molecule has 2 atom stereocenters. The van der Waals surface area contributed by atoms with E-state index in [1.807, 2.05) is 58.0 Å². The predicted molar refractivity (Wildman–Crippen MR) is 130 cm³/mol. The van der Waals surface area contributed by atoms with Gasteiger partial charge in [0, 0.05) is 16.3 Å². The van der Waals surface area contributed by atoms with Crippen molar-refractivity contribution in [1.82, 2.24) is 15.5 Å². The summed E-state index contributed by atoms with van der Waals surface area (Å²) in [6.07, 6.45) is 0.716. The number of anilines is 2. The van der Waals surface area contributed by atoms with Crippen molar-refractivity contribution in [1.29, 1.82) is 0 Å². The lowest BCUT2D eigenvalue weighted by Crippen LogP contribution is -2.49. The Bertz CT molecular complexity index is 1100. The molecule has 3 N–H and O–H groups in total. The van der Waals surface area contributed by atoms with E-state index >= 15 is 0 Å². The van der Waals surface area contributed by atoms with Crippen LogP contribution in [0.5, 0.6) is 0 Å². The van der Waals surface area contributed by atoms with E-state index < -0.39 is 12.1 Å². The summed E-state index contributed by atoms with van der Waals surface area (Å²) in [7, 11) is 0. The Labute approximate surface area is 196 Å². The summed E-state index contributed by atoms with van der Waals surface area (Å²) in [4.78, 5) is 25.6. The zero-order valence-electron chi connectivity index (χ0n) is 18.4. The SMILES string of the molecule is CCC(C)C(NC(=O)Nc1cccc(C)c1C)C(=O)Nc1nnc(-c2ccc(Cl)cc2)s1. The van der Waals surface area contributed by atoms with Crippen LogP contribution in [-0.4, -0.2) is 28.2 Å². The topological polar surface area (TPSA) is 96.0 Å². The van der Waals surface area contributed by atoms with Gasteiger partial charge in [-0.15, -0.1) is 10.2 Å². The Morgan fingerprint density at radius 1 is 1.06 bits per heavy atom. The number of nitrogens with one attached hydrogen (secondary N) is 3. The Kier molecular flexibility index (Phi) is 7.82. The fraction of sp³-hybridized carbons (Fsp3) is 0.304. The number of halogens is 1. The highest BCUT2D eigenvalue weighted by atomic mass is 35.5. The molecule has 0 spiro atoms. The summed E-state index contributed by atoms with van der Waals surface area (Å²) in [5, 5.41) is 18.3. The molecule has 3 amide bonds. The maximum absolute atomic E-state index is 13.0. The quantitative estimate of drug-likeness (QED) is 0.414. The van der Waals surface area contributed by atoms with Crippen molar-refractivity contribution in [2.75, 3.05) is 10.6 Å². The average molecular weight is 472 g/mol. The average Bonchev–Trinajstić information content (AvgIpc) is 3.23. The minimum atomic E-state index is -0.729. The number of hydrogen-bond acceptors (Lipinski definition) is 5. The highest BCUT2D eigenvalue weighted by Gasteiger charge is 2.27. The summed E-state index contributed by atoms with van der Waals surface area (Å²) in [5.74, 6) is -0.419. The third-order valence-corrected chi connectivity index (χ3v) is 6.52. The Morgan fingerprint density at radius 3 is 2.47 bits per heavy atom. The molecule has 168 valence electrons. The van der Waals surface area contributed by atoms with Crippen molar-refractivity contribution < 1.29 is 9.59 Å². The van der Waals surface area contributed by atoms with Gasteiger partial charge in [-0.05, 0) is 49.1 Å². The van der Waals surface area contributed by atoms with Gasteiger partial charge < -0.3 is 10.6 Å². The summed E-state index contributed by atoms with van der Waals surface area (Å²) < 4.78 is 0. The van der Waals surface area contributed by atoms with Gasteiger partial charge in [0.25, 0.3) is 0 Å². The van der Waals surface area contributed by atoms with Crippen LogP contribution in [-0.2, 0) is 4.79 Å². The smallest absolute Gasteiger partial charge is 0.319 e. The van der Waals surface area contributed by atoms with E-state index in [2.05, 4.69) is 26.1 Å². The second kappa shape index (κ2) is 10.6. The standard InChI is InChI=1S/C23H26ClN5O2S/c1-5-13(2)19(26-22(31)25-18-8-6-7-14(3)15(18)4)20(30)27-23-29-28-21(32-23)16-9-11-17(24)12-10-16/h6-13,19H,5H2,1-4H3,(H2,25,26,31)(H,27,29,30). The van der Waals surface area contributed by atoms with Gasteiger partial charge in [0.2, 0.25) is 11.0 Å². The number of benzene rings is 2. The van der Waals surface area contributed by atoms with Crippen molar-refractivity contribution >= 4 is 45.7 Å². The Balaban J connectivity index is 1.69. The van der Waals surface area contributed by atoms with E-state index in [0.29, 0.717) is 27.3 Å². The molecule has 0 aliphatic heterocycles. The number of carbonyl (C=O) groups is 2. The van der Waals surface area contributed by atoms with Crippen LogP contribution < -0.4 is 16.0 Å². The first-order valence-electron chi connectivity index (χ1n) is 10.3. The fourth-order valence-electron chi connectivity index (χ4n) is 3.05. The molecule has 0 radical (unpaired) electrons. The van der Waals surface area contributed by atoms with Crippen LogP contribution >= 0.6 is 22.9 Å². The molecule has 7 nitrogen and oxygen atoms in total. The molecular formula is C23H26ClN5O2S. The number of amides is 3. The van der Waals surface area contributed by atoms with E-state index in [0.717, 1.165) is 16.7 Å². The van der Waals surface area contributed by atoms with Gasteiger partial charge in [-0.1, -0.05) is 67.5 Å². The molecule has 2 aromatic carbocycles. The first-order valence-corrected chi connectivity index (χ1v) is 11.5. The summed E-state index contributed by atoms with van der Waals surface area (Å²) in [5.41, 5.74) is 3.63. The van der Waals surface area contributed by atoms with Crippen LogP contribution in [0.3, 0.4) is 0 Å². The molecule has 32 heavy (non-hydrogen) atoms. The summed E-state index contributed by atoms with van der Waals surface area (Å²) >= 11 is 7.19. The molecule has 2 unspecified atom stereocenters. The lowest BCUT2D eigenvalue weighted by Gasteiger charge is -2.23. The Hall–Kier alpha value is -2.97. The molecule has 0 fully saturated rings. The molecule has 0 aliphatic carbocycles. The summed E-state index contributed by atoms with van der Waals surface area (Å²) in [6.45, 7) is 7.81. The van der Waals surface area contributed by atoms with Crippen LogP contribution in [0.4, 0.5) is 15.6 Å². The highest BCUT2D eigenvalue weighted by molar-refractivity contribution is 7.18. The number of aromatic nitrogens is 2. The van der Waals surface area contributed by atoms with Gasteiger partial charge in [-0.25, -0.2) is 4.79 Å². The maximum atomic E-state index is 13.0. The van der Waals surface area contributed by atoms with Gasteiger partial charge >= 0.3 is 6.03 Å². The van der Waals surface area contributed by atoms with Gasteiger partial charge in [0.1, 0.15) is 11.0 Å². The van der Waals surface area contributed by atoms with Crippen molar-refractivity contribution in [3.63, 3.8) is 0 Å². The van der Waals surface area contributed by atoms with E-state index in [4.69, 9.17) is 11.6 Å². The Morgan fingerprint density at radius 2 is 1.78 bits per heavy atom. The van der Waals surface area contributed by atoms with Crippen LogP contribution in [0.15, 0.2) is 42.5 Å². The predicted octanol–water partition coefficient (Wildman–Crippen LogP) is 5.65. The van der Waals surface area contributed by atoms with Gasteiger partial charge in [-0.2, -0.15) is 0 Å². The number of nitrogens with zero attached hydrogens (tertiary/aromatic N) is 2.